The second-order valence-electron chi connectivity index (χ2n) is 6.37. The number of hydrogen-bond donors (Lipinski definition) is 1. The summed E-state index contributed by atoms with van der Waals surface area (Å²) < 4.78 is 0. The van der Waals surface area contributed by atoms with Crippen molar-refractivity contribution >= 4 is 5.69 Å². The lowest BCUT2D eigenvalue weighted by Gasteiger charge is -2.28. The molecule has 1 fully saturated rings. The van der Waals surface area contributed by atoms with Gasteiger partial charge >= 0.3 is 0 Å². The highest BCUT2D eigenvalue weighted by molar-refractivity contribution is 5.47. The van der Waals surface area contributed by atoms with Crippen molar-refractivity contribution in [1.29, 1.82) is 0 Å². The zero-order chi connectivity index (χ0) is 13.4. The van der Waals surface area contributed by atoms with E-state index in [-0.39, 0.29) is 0 Å². The first-order valence-corrected chi connectivity index (χ1v) is 7.40. The molecule has 0 aromatic heterocycles. The van der Waals surface area contributed by atoms with Gasteiger partial charge in [-0.1, -0.05) is 6.07 Å². The number of fused-ring (bicyclic) bond motifs is 1. The van der Waals surface area contributed by atoms with Crippen molar-refractivity contribution in [3.05, 3.63) is 29.3 Å². The predicted molar refractivity (Wildman–Crippen MR) is 80.2 cm³/mol. The molecule has 2 unspecified atom stereocenters. The van der Waals surface area contributed by atoms with E-state index in [2.05, 4.69) is 36.0 Å². The van der Waals surface area contributed by atoms with Gasteiger partial charge in [0.1, 0.15) is 0 Å². The number of anilines is 1. The predicted octanol–water partition coefficient (Wildman–Crippen LogP) is 2.14. The molecule has 19 heavy (non-hydrogen) atoms. The second-order valence-corrected chi connectivity index (χ2v) is 6.37. The summed E-state index contributed by atoms with van der Waals surface area (Å²) in [7, 11) is 4.52. The maximum atomic E-state index is 5.88. The third kappa shape index (κ3) is 2.63. The molecule has 3 nitrogen and oxygen atoms in total. The Balaban J connectivity index is 1.67. The molecule has 0 bridgehead atoms. The molecule has 1 aromatic rings. The van der Waals surface area contributed by atoms with Gasteiger partial charge in [0, 0.05) is 24.8 Å². The molecule has 3 rings (SSSR count). The van der Waals surface area contributed by atoms with Crippen molar-refractivity contribution in [2.24, 2.45) is 5.92 Å². The summed E-state index contributed by atoms with van der Waals surface area (Å²) in [6.07, 6.45) is 3.78. The molecule has 1 aliphatic heterocycles. The molecule has 2 N–H and O–H groups in total. The lowest BCUT2D eigenvalue weighted by molar-refractivity contribution is 0.207. The Labute approximate surface area is 116 Å². The summed E-state index contributed by atoms with van der Waals surface area (Å²) in [5.74, 6) is 0.841. The van der Waals surface area contributed by atoms with Crippen molar-refractivity contribution < 1.29 is 0 Å². The van der Waals surface area contributed by atoms with Crippen LogP contribution in [0.3, 0.4) is 0 Å². The average molecular weight is 259 g/mol. The van der Waals surface area contributed by atoms with E-state index >= 15 is 0 Å². The zero-order valence-electron chi connectivity index (χ0n) is 12.1. The van der Waals surface area contributed by atoms with Crippen LogP contribution in [0.5, 0.6) is 0 Å². The van der Waals surface area contributed by atoms with Gasteiger partial charge in [-0.25, -0.2) is 0 Å². The van der Waals surface area contributed by atoms with Crippen LogP contribution in [0.15, 0.2) is 18.2 Å². The fraction of sp³-hybridized carbons (Fsp3) is 0.625. The topological polar surface area (TPSA) is 32.5 Å². The van der Waals surface area contributed by atoms with E-state index in [1.165, 1.54) is 50.0 Å². The Morgan fingerprint density at radius 1 is 1.37 bits per heavy atom. The minimum atomic E-state index is 0.599. The van der Waals surface area contributed by atoms with Crippen LogP contribution in [0.25, 0.3) is 0 Å². The minimum absolute atomic E-state index is 0.599. The SMILES string of the molecule is CN1CCC(CN(C)C2CCc3cc(N)ccc32)C1. The summed E-state index contributed by atoms with van der Waals surface area (Å²) in [6, 6.07) is 7.04. The molecule has 1 heterocycles. The third-order valence-electron chi connectivity index (χ3n) is 4.78. The summed E-state index contributed by atoms with van der Waals surface area (Å²) in [4.78, 5) is 5.01. The monoisotopic (exact) mass is 259 g/mol. The third-order valence-corrected chi connectivity index (χ3v) is 4.78. The zero-order valence-corrected chi connectivity index (χ0v) is 12.1. The maximum absolute atomic E-state index is 5.88. The fourth-order valence-corrected chi connectivity index (χ4v) is 3.78. The van der Waals surface area contributed by atoms with E-state index in [0.717, 1.165) is 11.6 Å². The van der Waals surface area contributed by atoms with Crippen LogP contribution in [0.4, 0.5) is 5.69 Å². The smallest absolute Gasteiger partial charge is 0.0351 e. The molecule has 2 aliphatic rings. The highest BCUT2D eigenvalue weighted by Gasteiger charge is 2.28. The molecule has 1 aromatic carbocycles. The van der Waals surface area contributed by atoms with E-state index in [4.69, 9.17) is 5.73 Å². The number of nitrogens with zero attached hydrogens (tertiary/aromatic N) is 2. The Bertz CT molecular complexity index is 457. The van der Waals surface area contributed by atoms with Gasteiger partial charge < -0.3 is 10.6 Å². The van der Waals surface area contributed by atoms with E-state index in [9.17, 15) is 0 Å². The minimum Gasteiger partial charge on any atom is -0.399 e. The average Bonchev–Trinajstić information content (AvgIpc) is 2.95. The fourth-order valence-electron chi connectivity index (χ4n) is 3.78. The van der Waals surface area contributed by atoms with Crippen LogP contribution in [0.2, 0.25) is 0 Å². The maximum Gasteiger partial charge on any atom is 0.0351 e. The molecular weight excluding hydrogens is 234 g/mol. The molecule has 104 valence electrons. The normalized spacial score (nSPS) is 27.1. The van der Waals surface area contributed by atoms with Crippen molar-refractivity contribution in [2.45, 2.75) is 25.3 Å². The largest absolute Gasteiger partial charge is 0.399 e. The van der Waals surface area contributed by atoms with Crippen molar-refractivity contribution in [3.8, 4) is 0 Å². The molecule has 0 amide bonds. The van der Waals surface area contributed by atoms with Crippen molar-refractivity contribution in [1.82, 2.24) is 9.80 Å². The number of likely N-dealkylation sites (tertiary alicyclic amines) is 1. The van der Waals surface area contributed by atoms with Crippen molar-refractivity contribution in [2.75, 3.05) is 39.5 Å². The van der Waals surface area contributed by atoms with Gasteiger partial charge in [0.15, 0.2) is 0 Å². The summed E-state index contributed by atoms with van der Waals surface area (Å²) in [5, 5.41) is 0. The number of aryl methyl sites for hydroxylation is 1. The highest BCUT2D eigenvalue weighted by Crippen LogP contribution is 2.36. The Kier molecular flexibility index (Phi) is 3.50. The van der Waals surface area contributed by atoms with Crippen LogP contribution < -0.4 is 5.73 Å². The Hall–Kier alpha value is -1.06. The van der Waals surface area contributed by atoms with Gasteiger partial charge in [0.05, 0.1) is 0 Å². The molecular formula is C16H25N3. The molecule has 0 saturated carbocycles. The first-order valence-electron chi connectivity index (χ1n) is 7.40. The van der Waals surface area contributed by atoms with Crippen LogP contribution >= 0.6 is 0 Å². The lowest BCUT2D eigenvalue weighted by atomic mass is 10.0. The van der Waals surface area contributed by atoms with E-state index < -0.39 is 0 Å². The summed E-state index contributed by atoms with van der Waals surface area (Å²) >= 11 is 0. The van der Waals surface area contributed by atoms with Gasteiger partial charge in [-0.2, -0.15) is 0 Å². The first-order chi connectivity index (χ1) is 9.13. The summed E-state index contributed by atoms with van der Waals surface area (Å²) in [5.41, 5.74) is 9.74. The van der Waals surface area contributed by atoms with Crippen LogP contribution in [0, 0.1) is 5.92 Å². The molecule has 2 atom stereocenters. The van der Waals surface area contributed by atoms with Gasteiger partial charge in [0.2, 0.25) is 0 Å². The Morgan fingerprint density at radius 2 is 2.21 bits per heavy atom. The van der Waals surface area contributed by atoms with Gasteiger partial charge in [-0.3, -0.25) is 4.90 Å². The van der Waals surface area contributed by atoms with E-state index in [1.807, 2.05) is 6.07 Å². The first kappa shape index (κ1) is 12.9. The number of benzene rings is 1. The molecule has 3 heteroatoms. The van der Waals surface area contributed by atoms with Gasteiger partial charge in [-0.15, -0.1) is 0 Å². The number of rotatable bonds is 3. The number of hydrogen-bond acceptors (Lipinski definition) is 3. The highest BCUT2D eigenvalue weighted by atomic mass is 15.2. The summed E-state index contributed by atoms with van der Waals surface area (Å²) in [6.45, 7) is 3.74. The molecule has 1 saturated heterocycles. The quantitative estimate of drug-likeness (QED) is 0.844. The Morgan fingerprint density at radius 3 is 2.95 bits per heavy atom. The second kappa shape index (κ2) is 5.14. The molecule has 1 aliphatic carbocycles. The van der Waals surface area contributed by atoms with Crippen molar-refractivity contribution in [3.63, 3.8) is 0 Å². The van der Waals surface area contributed by atoms with Crippen LogP contribution in [0.1, 0.15) is 30.0 Å². The standard InChI is InChI=1S/C16H25N3/c1-18-8-7-12(10-18)11-19(2)16-6-3-13-9-14(17)4-5-15(13)16/h4-5,9,12,16H,3,6-8,10-11,17H2,1-2H3. The lowest BCUT2D eigenvalue weighted by Crippen LogP contribution is -2.30. The van der Waals surface area contributed by atoms with Crippen LogP contribution in [-0.4, -0.2) is 43.5 Å². The van der Waals surface area contributed by atoms with Crippen LogP contribution in [-0.2, 0) is 6.42 Å². The molecule has 0 spiro atoms. The molecule has 0 radical (unpaired) electrons. The van der Waals surface area contributed by atoms with Gasteiger partial charge in [-0.05, 0) is 69.1 Å². The van der Waals surface area contributed by atoms with Gasteiger partial charge in [0.25, 0.3) is 0 Å². The number of nitrogens with two attached hydrogens (primary N) is 1. The van der Waals surface area contributed by atoms with E-state index in [1.54, 1.807) is 0 Å². The van der Waals surface area contributed by atoms with E-state index in [0.29, 0.717) is 6.04 Å². The number of nitrogen functional groups attached to an aromatic ring is 1.